The molecule has 0 aliphatic rings. The average molecular weight is 334 g/mol. The van der Waals surface area contributed by atoms with Crippen LogP contribution in [-0.4, -0.2) is 13.5 Å². The number of rotatable bonds is 4. The maximum atomic E-state index is 13.6. The Morgan fingerprint density at radius 2 is 1.90 bits per heavy atom. The molecule has 0 saturated heterocycles. The summed E-state index contributed by atoms with van der Waals surface area (Å²) in [5.41, 5.74) is -0.0628. The Labute approximate surface area is 125 Å². The molecular formula is C13H10ClF2NO3S. The first-order chi connectivity index (χ1) is 9.83. The largest absolute Gasteiger partial charge is 0.392 e. The van der Waals surface area contributed by atoms with Crippen molar-refractivity contribution in [1.82, 2.24) is 0 Å². The van der Waals surface area contributed by atoms with Crippen molar-refractivity contribution in [3.63, 3.8) is 0 Å². The zero-order valence-electron chi connectivity index (χ0n) is 10.5. The molecule has 0 aliphatic heterocycles. The van der Waals surface area contributed by atoms with E-state index in [0.29, 0.717) is 0 Å². The third kappa shape index (κ3) is 3.49. The molecule has 0 bridgehead atoms. The monoisotopic (exact) mass is 333 g/mol. The lowest BCUT2D eigenvalue weighted by Crippen LogP contribution is -2.14. The molecular weight excluding hydrogens is 324 g/mol. The second kappa shape index (κ2) is 5.97. The Morgan fingerprint density at radius 3 is 2.52 bits per heavy atom. The highest BCUT2D eigenvalue weighted by Crippen LogP contribution is 2.25. The van der Waals surface area contributed by atoms with Gasteiger partial charge < -0.3 is 5.11 Å². The van der Waals surface area contributed by atoms with E-state index >= 15 is 0 Å². The molecule has 0 fully saturated rings. The summed E-state index contributed by atoms with van der Waals surface area (Å²) in [6.45, 7) is -0.612. The summed E-state index contributed by atoms with van der Waals surface area (Å²) in [6.07, 6.45) is 0. The first kappa shape index (κ1) is 15.7. The van der Waals surface area contributed by atoms with Crippen molar-refractivity contribution in [2.24, 2.45) is 0 Å². The number of hydrogen-bond donors (Lipinski definition) is 2. The van der Waals surface area contributed by atoms with E-state index in [-0.39, 0.29) is 16.3 Å². The van der Waals surface area contributed by atoms with E-state index in [1.54, 1.807) is 0 Å². The van der Waals surface area contributed by atoms with E-state index in [4.69, 9.17) is 16.7 Å². The second-order valence-corrected chi connectivity index (χ2v) is 6.21. The molecule has 0 radical (unpaired) electrons. The third-order valence-electron chi connectivity index (χ3n) is 2.63. The van der Waals surface area contributed by atoms with Gasteiger partial charge in [0.25, 0.3) is 10.0 Å². The standard InChI is InChI=1S/C13H10ClF2NO3S/c14-13-8(7-18)4-11(6-12(13)16)21(19,20)17-10-3-1-2-9(15)5-10/h1-6,17-18H,7H2. The van der Waals surface area contributed by atoms with Crippen LogP contribution in [-0.2, 0) is 16.6 Å². The molecule has 0 unspecified atom stereocenters. The highest BCUT2D eigenvalue weighted by atomic mass is 35.5. The van der Waals surface area contributed by atoms with E-state index in [1.165, 1.54) is 12.1 Å². The van der Waals surface area contributed by atoms with Gasteiger partial charge in [0.15, 0.2) is 0 Å². The molecule has 2 N–H and O–H groups in total. The van der Waals surface area contributed by atoms with Crippen LogP contribution >= 0.6 is 11.6 Å². The smallest absolute Gasteiger partial charge is 0.262 e. The maximum absolute atomic E-state index is 13.6. The lowest BCUT2D eigenvalue weighted by Gasteiger charge is -2.10. The fourth-order valence-electron chi connectivity index (χ4n) is 1.65. The fraction of sp³-hybridized carbons (Fsp3) is 0.0769. The van der Waals surface area contributed by atoms with Gasteiger partial charge in [-0.25, -0.2) is 17.2 Å². The van der Waals surface area contributed by atoms with Crippen molar-refractivity contribution in [2.45, 2.75) is 11.5 Å². The van der Waals surface area contributed by atoms with Crippen LogP contribution in [0, 0.1) is 11.6 Å². The number of halogens is 3. The van der Waals surface area contributed by atoms with Crippen molar-refractivity contribution in [2.75, 3.05) is 4.72 Å². The molecule has 2 rings (SSSR count). The molecule has 0 heterocycles. The number of nitrogens with one attached hydrogen (secondary N) is 1. The normalized spacial score (nSPS) is 11.4. The number of hydrogen-bond acceptors (Lipinski definition) is 3. The van der Waals surface area contributed by atoms with E-state index < -0.39 is 33.2 Å². The van der Waals surface area contributed by atoms with Crippen LogP contribution in [0.15, 0.2) is 41.3 Å². The Bertz CT molecular complexity index is 781. The summed E-state index contributed by atoms with van der Waals surface area (Å²) in [6, 6.07) is 6.59. The second-order valence-electron chi connectivity index (χ2n) is 4.15. The highest BCUT2D eigenvalue weighted by molar-refractivity contribution is 7.92. The van der Waals surface area contributed by atoms with E-state index in [0.717, 1.165) is 24.3 Å². The minimum absolute atomic E-state index is 0.00379. The van der Waals surface area contributed by atoms with Crippen LogP contribution in [0.1, 0.15) is 5.56 Å². The number of aliphatic hydroxyl groups excluding tert-OH is 1. The van der Waals surface area contributed by atoms with Gasteiger partial charge in [-0.05, 0) is 30.3 Å². The minimum Gasteiger partial charge on any atom is -0.392 e. The Balaban J connectivity index is 2.42. The molecule has 2 aromatic rings. The quantitative estimate of drug-likeness (QED) is 0.904. The zero-order chi connectivity index (χ0) is 15.6. The summed E-state index contributed by atoms with van der Waals surface area (Å²) in [7, 11) is -4.13. The van der Waals surface area contributed by atoms with Gasteiger partial charge in [-0.2, -0.15) is 0 Å². The van der Waals surface area contributed by atoms with Crippen LogP contribution in [0.4, 0.5) is 14.5 Å². The molecule has 2 aromatic carbocycles. The zero-order valence-corrected chi connectivity index (χ0v) is 12.0. The van der Waals surface area contributed by atoms with E-state index in [1.807, 2.05) is 0 Å². The molecule has 4 nitrogen and oxygen atoms in total. The Kier molecular flexibility index (Phi) is 4.46. The van der Waals surface area contributed by atoms with Crippen LogP contribution < -0.4 is 4.72 Å². The topological polar surface area (TPSA) is 66.4 Å². The Hall–Kier alpha value is -1.70. The molecule has 0 saturated carbocycles. The lowest BCUT2D eigenvalue weighted by atomic mass is 10.2. The third-order valence-corrected chi connectivity index (χ3v) is 4.42. The average Bonchev–Trinajstić information content (AvgIpc) is 2.41. The number of benzene rings is 2. The van der Waals surface area contributed by atoms with Crippen molar-refractivity contribution >= 4 is 27.3 Å². The van der Waals surface area contributed by atoms with Crippen molar-refractivity contribution < 1.29 is 22.3 Å². The molecule has 0 spiro atoms. The highest BCUT2D eigenvalue weighted by Gasteiger charge is 2.19. The molecule has 112 valence electrons. The van der Waals surface area contributed by atoms with Crippen LogP contribution in [0.25, 0.3) is 0 Å². The summed E-state index contributed by atoms with van der Waals surface area (Å²) in [4.78, 5) is -0.419. The van der Waals surface area contributed by atoms with Gasteiger partial charge in [-0.15, -0.1) is 0 Å². The first-order valence-electron chi connectivity index (χ1n) is 5.70. The number of sulfonamides is 1. The van der Waals surface area contributed by atoms with Crippen molar-refractivity contribution in [3.8, 4) is 0 Å². The van der Waals surface area contributed by atoms with Gasteiger partial charge in [-0.3, -0.25) is 4.72 Å². The number of anilines is 1. The molecule has 0 aliphatic carbocycles. The number of aliphatic hydroxyl groups is 1. The SMILES string of the molecule is O=S(=O)(Nc1cccc(F)c1)c1cc(F)c(Cl)c(CO)c1. The lowest BCUT2D eigenvalue weighted by molar-refractivity contribution is 0.281. The van der Waals surface area contributed by atoms with Gasteiger partial charge in [0.2, 0.25) is 0 Å². The molecule has 0 amide bonds. The summed E-state index contributed by atoms with van der Waals surface area (Å²) < 4.78 is 53.0. The van der Waals surface area contributed by atoms with Gasteiger partial charge >= 0.3 is 0 Å². The Morgan fingerprint density at radius 1 is 1.19 bits per heavy atom. The predicted molar refractivity (Wildman–Crippen MR) is 74.5 cm³/mol. The van der Waals surface area contributed by atoms with Gasteiger partial charge in [0, 0.05) is 5.56 Å². The maximum Gasteiger partial charge on any atom is 0.262 e. The van der Waals surface area contributed by atoms with Crippen LogP contribution in [0.3, 0.4) is 0 Å². The molecule has 0 aromatic heterocycles. The van der Waals surface area contributed by atoms with E-state index in [9.17, 15) is 17.2 Å². The van der Waals surface area contributed by atoms with Gasteiger partial charge in [0.05, 0.1) is 22.2 Å². The summed E-state index contributed by atoms with van der Waals surface area (Å²) in [5, 5.41) is 8.70. The molecule has 21 heavy (non-hydrogen) atoms. The van der Waals surface area contributed by atoms with Crippen molar-refractivity contribution in [1.29, 1.82) is 0 Å². The van der Waals surface area contributed by atoms with Crippen LogP contribution in [0.2, 0.25) is 5.02 Å². The van der Waals surface area contributed by atoms with Crippen molar-refractivity contribution in [3.05, 3.63) is 58.6 Å². The first-order valence-corrected chi connectivity index (χ1v) is 7.57. The van der Waals surface area contributed by atoms with Gasteiger partial charge in [0.1, 0.15) is 11.6 Å². The predicted octanol–water partition coefficient (Wildman–Crippen LogP) is 2.91. The summed E-state index contributed by atoms with van der Waals surface area (Å²) >= 11 is 5.60. The fourth-order valence-corrected chi connectivity index (χ4v) is 2.93. The molecule has 0 atom stereocenters. The summed E-state index contributed by atoms with van der Waals surface area (Å²) in [5.74, 6) is -1.59. The minimum atomic E-state index is -4.13. The van der Waals surface area contributed by atoms with Gasteiger partial charge in [-0.1, -0.05) is 17.7 Å². The molecule has 8 heteroatoms. The van der Waals surface area contributed by atoms with Crippen LogP contribution in [0.5, 0.6) is 0 Å². The van der Waals surface area contributed by atoms with E-state index in [2.05, 4.69) is 4.72 Å².